The van der Waals surface area contributed by atoms with Crippen LogP contribution in [0.5, 0.6) is 0 Å². The van der Waals surface area contributed by atoms with E-state index in [1.54, 1.807) is 0 Å². The van der Waals surface area contributed by atoms with Gasteiger partial charge in [0.15, 0.2) is 0 Å². The van der Waals surface area contributed by atoms with Crippen molar-refractivity contribution >= 4 is 61.7 Å². The first-order valence-corrected chi connectivity index (χ1v) is 18.2. The molecule has 0 bridgehead atoms. The second-order valence-electron chi connectivity index (χ2n) is 13.4. The summed E-state index contributed by atoms with van der Waals surface area (Å²) in [5.74, 6) is 0. The van der Waals surface area contributed by atoms with Crippen LogP contribution in [0.25, 0.3) is 72.5 Å². The van der Waals surface area contributed by atoms with Crippen LogP contribution < -0.4 is 4.90 Å². The number of hydrogen-bond donors (Lipinski definition) is 0. The molecular weight excluding hydrogens is 641 g/mol. The smallest absolute Gasteiger partial charge is 0.0541 e. The highest BCUT2D eigenvalue weighted by Gasteiger charge is 2.17. The first kappa shape index (κ1) is 32.0. The Morgan fingerprint density at radius 1 is 0.472 bits per heavy atom. The third-order valence-corrected chi connectivity index (χ3v) is 10.2. The third kappa shape index (κ3) is 5.81. The molecule has 2 nitrogen and oxygen atoms in total. The number of allylic oxidation sites excluding steroid dienone is 1. The standard InChI is InChI=1S/C51H38N2/c1-3-15-47-49-34-41(29-31-51(49)53(50(47)4-2)43-22-9-6-10-23-43)39-18-13-17-38(32-39)40-19-14-24-44(33-40)52(42-20-7-5-8-21-42)45-30-28-37-27-26-36-16-11-12-25-46(36)48(37)35-45/h3-35H,2H2,1H3/b15-3-. The van der Waals surface area contributed by atoms with E-state index in [2.05, 4.69) is 217 Å². The zero-order chi connectivity index (χ0) is 35.7. The normalized spacial score (nSPS) is 11.5. The average Bonchev–Trinajstić information content (AvgIpc) is 3.54. The Kier molecular flexibility index (Phi) is 8.26. The van der Waals surface area contributed by atoms with Gasteiger partial charge in [-0.15, -0.1) is 0 Å². The van der Waals surface area contributed by atoms with Gasteiger partial charge in [0.2, 0.25) is 0 Å². The lowest BCUT2D eigenvalue weighted by Gasteiger charge is -2.26. The van der Waals surface area contributed by atoms with Crippen LogP contribution in [0.15, 0.2) is 195 Å². The number of hydrogen-bond acceptors (Lipinski definition) is 1. The molecule has 0 N–H and O–H groups in total. The number of nitrogens with zero attached hydrogens (tertiary/aromatic N) is 2. The van der Waals surface area contributed by atoms with Gasteiger partial charge in [0.05, 0.1) is 11.2 Å². The SMILES string of the molecule is C=Cc1c(/C=C\C)c2cc(-c3cccc(-c4cccc(N(c5ccccc5)c5ccc6ccc7ccccc7c6c5)c4)c3)ccc2n1-c1ccccc1. The van der Waals surface area contributed by atoms with Gasteiger partial charge in [0, 0.05) is 33.7 Å². The van der Waals surface area contributed by atoms with E-state index >= 15 is 0 Å². The van der Waals surface area contributed by atoms with Crippen LogP contribution in [-0.2, 0) is 0 Å². The minimum absolute atomic E-state index is 1.09. The van der Waals surface area contributed by atoms with E-state index in [0.29, 0.717) is 0 Å². The molecule has 0 aliphatic rings. The van der Waals surface area contributed by atoms with Crippen LogP contribution in [0.3, 0.4) is 0 Å². The third-order valence-electron chi connectivity index (χ3n) is 10.2. The molecule has 9 rings (SSSR count). The fourth-order valence-electron chi connectivity index (χ4n) is 7.77. The van der Waals surface area contributed by atoms with Crippen molar-refractivity contribution < 1.29 is 0 Å². The zero-order valence-corrected chi connectivity index (χ0v) is 29.7. The van der Waals surface area contributed by atoms with Crippen LogP contribution in [-0.4, -0.2) is 4.57 Å². The van der Waals surface area contributed by atoms with Gasteiger partial charge in [0.25, 0.3) is 0 Å². The van der Waals surface area contributed by atoms with E-state index in [4.69, 9.17) is 0 Å². The molecule has 0 amide bonds. The van der Waals surface area contributed by atoms with Crippen molar-refractivity contribution in [3.8, 4) is 27.9 Å². The van der Waals surface area contributed by atoms with E-state index in [-0.39, 0.29) is 0 Å². The molecule has 2 heteroatoms. The van der Waals surface area contributed by atoms with Crippen molar-refractivity contribution in [2.24, 2.45) is 0 Å². The molecule has 53 heavy (non-hydrogen) atoms. The van der Waals surface area contributed by atoms with Crippen molar-refractivity contribution in [2.75, 3.05) is 4.90 Å². The highest BCUT2D eigenvalue weighted by molar-refractivity contribution is 6.09. The molecule has 252 valence electrons. The van der Waals surface area contributed by atoms with Crippen molar-refractivity contribution in [3.63, 3.8) is 0 Å². The highest BCUT2D eigenvalue weighted by atomic mass is 15.1. The number of aromatic nitrogens is 1. The molecule has 0 aliphatic carbocycles. The summed E-state index contributed by atoms with van der Waals surface area (Å²) in [6.07, 6.45) is 6.27. The molecule has 0 saturated heterocycles. The topological polar surface area (TPSA) is 8.17 Å². The lowest BCUT2D eigenvalue weighted by atomic mass is 9.97. The van der Waals surface area contributed by atoms with Gasteiger partial charge in [-0.3, -0.25) is 0 Å². The Morgan fingerprint density at radius 2 is 1.08 bits per heavy atom. The molecule has 0 unspecified atom stereocenters. The number of benzene rings is 8. The molecule has 8 aromatic carbocycles. The maximum Gasteiger partial charge on any atom is 0.0541 e. The van der Waals surface area contributed by atoms with Crippen LogP contribution in [0.4, 0.5) is 17.1 Å². The quantitative estimate of drug-likeness (QED) is 0.145. The van der Waals surface area contributed by atoms with Gasteiger partial charge in [-0.2, -0.15) is 0 Å². The number of fused-ring (bicyclic) bond motifs is 4. The minimum atomic E-state index is 1.09. The summed E-state index contributed by atoms with van der Waals surface area (Å²) in [4.78, 5) is 2.36. The second-order valence-corrected chi connectivity index (χ2v) is 13.4. The highest BCUT2D eigenvalue weighted by Crippen LogP contribution is 2.40. The van der Waals surface area contributed by atoms with E-state index in [0.717, 1.165) is 39.5 Å². The van der Waals surface area contributed by atoms with Crippen LogP contribution in [0.1, 0.15) is 18.2 Å². The lowest BCUT2D eigenvalue weighted by molar-refractivity contribution is 1.11. The molecule has 0 aliphatic heterocycles. The molecule has 0 radical (unpaired) electrons. The summed E-state index contributed by atoms with van der Waals surface area (Å²) >= 11 is 0. The van der Waals surface area contributed by atoms with Crippen molar-refractivity contribution in [3.05, 3.63) is 206 Å². The van der Waals surface area contributed by atoms with Crippen LogP contribution in [0, 0.1) is 0 Å². The van der Waals surface area contributed by atoms with Crippen LogP contribution >= 0.6 is 0 Å². The number of anilines is 3. The van der Waals surface area contributed by atoms with E-state index in [9.17, 15) is 0 Å². The predicted octanol–water partition coefficient (Wildman–Crippen LogP) is 14.4. The summed E-state index contributed by atoms with van der Waals surface area (Å²) in [5.41, 5.74) is 12.6. The molecule has 0 saturated carbocycles. The van der Waals surface area contributed by atoms with Gasteiger partial charge in [0.1, 0.15) is 0 Å². The zero-order valence-electron chi connectivity index (χ0n) is 29.7. The molecule has 9 aromatic rings. The maximum atomic E-state index is 4.21. The number of para-hydroxylation sites is 2. The van der Waals surface area contributed by atoms with Crippen molar-refractivity contribution in [2.45, 2.75) is 6.92 Å². The predicted molar refractivity (Wildman–Crippen MR) is 229 cm³/mol. The maximum absolute atomic E-state index is 4.21. The van der Waals surface area contributed by atoms with Gasteiger partial charge < -0.3 is 9.47 Å². The first-order valence-electron chi connectivity index (χ1n) is 18.2. The molecule has 1 aromatic heterocycles. The summed E-state index contributed by atoms with van der Waals surface area (Å²) in [5, 5.41) is 6.20. The van der Waals surface area contributed by atoms with Crippen molar-refractivity contribution in [1.29, 1.82) is 0 Å². The minimum Gasteiger partial charge on any atom is -0.310 e. The van der Waals surface area contributed by atoms with Gasteiger partial charge >= 0.3 is 0 Å². The Balaban J connectivity index is 1.14. The Bertz CT molecular complexity index is 2810. The lowest BCUT2D eigenvalue weighted by Crippen LogP contribution is -2.09. The van der Waals surface area contributed by atoms with Gasteiger partial charge in [-0.05, 0) is 124 Å². The summed E-state index contributed by atoms with van der Waals surface area (Å²) in [7, 11) is 0. The molecule has 0 atom stereocenters. The summed E-state index contributed by atoms with van der Waals surface area (Å²) in [6.45, 7) is 6.28. The van der Waals surface area contributed by atoms with Gasteiger partial charge in [-0.25, -0.2) is 0 Å². The monoisotopic (exact) mass is 678 g/mol. The Labute approximate surface area is 310 Å². The fraction of sp³-hybridized carbons (Fsp3) is 0.0196. The van der Waals surface area contributed by atoms with Crippen LogP contribution in [0.2, 0.25) is 0 Å². The second kappa shape index (κ2) is 13.7. The molecule has 1 heterocycles. The summed E-state index contributed by atoms with van der Waals surface area (Å²) in [6, 6.07) is 65.7. The average molecular weight is 679 g/mol. The van der Waals surface area contributed by atoms with Gasteiger partial charge in [-0.1, -0.05) is 134 Å². The number of rotatable bonds is 8. The summed E-state index contributed by atoms with van der Waals surface area (Å²) < 4.78 is 2.31. The molecule has 0 spiro atoms. The van der Waals surface area contributed by atoms with E-state index in [1.807, 2.05) is 6.08 Å². The first-order chi connectivity index (χ1) is 26.2. The fourth-order valence-corrected chi connectivity index (χ4v) is 7.77. The Hall–Kier alpha value is -6.90. The molecule has 0 fully saturated rings. The van der Waals surface area contributed by atoms with Crippen molar-refractivity contribution in [1.82, 2.24) is 4.57 Å². The van der Waals surface area contributed by atoms with E-state index in [1.165, 1.54) is 49.2 Å². The molecular formula is C51H38N2. The largest absolute Gasteiger partial charge is 0.310 e. The van der Waals surface area contributed by atoms with E-state index < -0.39 is 0 Å². The Morgan fingerprint density at radius 3 is 1.83 bits per heavy atom.